The molecule has 0 atom stereocenters. The molecule has 0 bridgehead atoms. The third-order valence-corrected chi connectivity index (χ3v) is 5.43. The van der Waals surface area contributed by atoms with E-state index in [-0.39, 0.29) is 17.9 Å². The van der Waals surface area contributed by atoms with Crippen molar-refractivity contribution in [1.29, 1.82) is 0 Å². The van der Waals surface area contributed by atoms with Gasteiger partial charge in [-0.2, -0.15) is 0 Å². The highest BCUT2D eigenvalue weighted by Gasteiger charge is 2.25. The van der Waals surface area contributed by atoms with E-state index in [4.69, 9.17) is 9.47 Å². The van der Waals surface area contributed by atoms with Gasteiger partial charge in [-0.3, -0.25) is 4.79 Å². The van der Waals surface area contributed by atoms with Gasteiger partial charge in [-0.1, -0.05) is 6.92 Å². The minimum absolute atomic E-state index is 0.101. The largest absolute Gasteiger partial charge is 0.493 e. The highest BCUT2D eigenvalue weighted by Crippen LogP contribution is 2.34. The SMILES string of the molecule is CCN1CCC(C(=O)Nc2ccc(OC)c(OC3CCCC3)c2)CC1. The van der Waals surface area contributed by atoms with Crippen LogP contribution in [0.2, 0.25) is 0 Å². The molecule has 1 saturated carbocycles. The number of piperidine rings is 1. The van der Waals surface area contributed by atoms with Crippen molar-refractivity contribution in [3.05, 3.63) is 18.2 Å². The van der Waals surface area contributed by atoms with Crippen LogP contribution in [0.3, 0.4) is 0 Å². The lowest BCUT2D eigenvalue weighted by atomic mass is 9.96. The number of benzene rings is 1. The fourth-order valence-corrected chi connectivity index (χ4v) is 3.79. The van der Waals surface area contributed by atoms with Gasteiger partial charge in [-0.05, 0) is 70.3 Å². The number of hydrogen-bond donors (Lipinski definition) is 1. The average Bonchev–Trinajstić information content (AvgIpc) is 3.15. The molecule has 0 radical (unpaired) electrons. The van der Waals surface area contributed by atoms with Crippen LogP contribution in [-0.4, -0.2) is 43.7 Å². The van der Waals surface area contributed by atoms with E-state index in [1.807, 2.05) is 18.2 Å². The second-order valence-electron chi connectivity index (χ2n) is 7.09. The van der Waals surface area contributed by atoms with E-state index < -0.39 is 0 Å². The highest BCUT2D eigenvalue weighted by molar-refractivity contribution is 5.93. The van der Waals surface area contributed by atoms with E-state index in [0.29, 0.717) is 0 Å². The number of carbonyl (C=O) groups is 1. The van der Waals surface area contributed by atoms with E-state index in [9.17, 15) is 4.79 Å². The Kier molecular flexibility index (Phi) is 6.19. The van der Waals surface area contributed by atoms with Gasteiger partial charge in [0.2, 0.25) is 5.91 Å². The number of anilines is 1. The van der Waals surface area contributed by atoms with Gasteiger partial charge in [0.25, 0.3) is 0 Å². The second kappa shape index (κ2) is 8.56. The summed E-state index contributed by atoms with van der Waals surface area (Å²) < 4.78 is 11.5. The van der Waals surface area contributed by atoms with Gasteiger partial charge < -0.3 is 19.7 Å². The van der Waals surface area contributed by atoms with Gasteiger partial charge in [0, 0.05) is 17.7 Å². The van der Waals surface area contributed by atoms with Gasteiger partial charge in [-0.15, -0.1) is 0 Å². The number of nitrogens with zero attached hydrogens (tertiary/aromatic N) is 1. The molecule has 2 aliphatic rings. The summed E-state index contributed by atoms with van der Waals surface area (Å²) in [5, 5.41) is 3.07. The smallest absolute Gasteiger partial charge is 0.227 e. The molecule has 1 saturated heterocycles. The van der Waals surface area contributed by atoms with Gasteiger partial charge in [0.15, 0.2) is 11.5 Å². The summed E-state index contributed by atoms with van der Waals surface area (Å²) in [6.07, 6.45) is 6.76. The highest BCUT2D eigenvalue weighted by atomic mass is 16.5. The fourth-order valence-electron chi connectivity index (χ4n) is 3.79. The zero-order valence-electron chi connectivity index (χ0n) is 15.4. The number of ether oxygens (including phenoxy) is 2. The van der Waals surface area contributed by atoms with Gasteiger partial charge in [-0.25, -0.2) is 0 Å². The summed E-state index contributed by atoms with van der Waals surface area (Å²) >= 11 is 0. The maximum absolute atomic E-state index is 12.6. The molecule has 138 valence electrons. The monoisotopic (exact) mass is 346 g/mol. The number of methoxy groups -OCH3 is 1. The first-order valence-electron chi connectivity index (χ1n) is 9.57. The Morgan fingerprint density at radius 1 is 1.16 bits per heavy atom. The molecule has 2 fully saturated rings. The quantitative estimate of drug-likeness (QED) is 0.853. The van der Waals surface area contributed by atoms with Crippen molar-refractivity contribution in [2.24, 2.45) is 5.92 Å². The van der Waals surface area contributed by atoms with E-state index in [2.05, 4.69) is 17.1 Å². The number of amides is 1. The van der Waals surface area contributed by atoms with Crippen LogP contribution in [0.1, 0.15) is 45.4 Å². The molecule has 3 rings (SSSR count). The minimum Gasteiger partial charge on any atom is -0.493 e. The molecule has 1 N–H and O–H groups in total. The second-order valence-corrected chi connectivity index (χ2v) is 7.09. The lowest BCUT2D eigenvalue weighted by Crippen LogP contribution is -2.37. The molecule has 1 aromatic carbocycles. The van der Waals surface area contributed by atoms with Gasteiger partial charge in [0.1, 0.15) is 0 Å². The molecule has 25 heavy (non-hydrogen) atoms. The standard InChI is InChI=1S/C20H30N2O3/c1-3-22-12-10-15(11-13-22)20(23)21-16-8-9-18(24-2)19(14-16)25-17-6-4-5-7-17/h8-9,14-15,17H,3-7,10-13H2,1-2H3,(H,21,23). The van der Waals surface area contributed by atoms with Crippen LogP contribution in [0.25, 0.3) is 0 Å². The normalized spacial score (nSPS) is 19.8. The average molecular weight is 346 g/mol. The van der Waals surface area contributed by atoms with Crippen molar-refractivity contribution >= 4 is 11.6 Å². The first-order chi connectivity index (χ1) is 12.2. The molecule has 1 aliphatic carbocycles. The Morgan fingerprint density at radius 2 is 1.88 bits per heavy atom. The topological polar surface area (TPSA) is 50.8 Å². The Hall–Kier alpha value is -1.75. The van der Waals surface area contributed by atoms with Crippen LogP contribution in [0.15, 0.2) is 18.2 Å². The first kappa shape index (κ1) is 18.1. The van der Waals surface area contributed by atoms with Crippen LogP contribution in [0.5, 0.6) is 11.5 Å². The Balaban J connectivity index is 1.62. The Bertz CT molecular complexity index is 576. The number of hydrogen-bond acceptors (Lipinski definition) is 4. The predicted octanol–water partition coefficient (Wildman–Crippen LogP) is 3.69. The number of rotatable bonds is 6. The molecule has 1 aliphatic heterocycles. The van der Waals surface area contributed by atoms with Crippen molar-refractivity contribution in [3.8, 4) is 11.5 Å². The predicted molar refractivity (Wildman–Crippen MR) is 99.3 cm³/mol. The first-order valence-corrected chi connectivity index (χ1v) is 9.57. The summed E-state index contributed by atoms with van der Waals surface area (Å²) in [4.78, 5) is 15.0. The molecular formula is C20H30N2O3. The van der Waals surface area contributed by atoms with E-state index in [1.165, 1.54) is 12.8 Å². The Labute approximate surface area is 150 Å². The summed E-state index contributed by atoms with van der Waals surface area (Å²) in [6.45, 7) is 5.25. The summed E-state index contributed by atoms with van der Waals surface area (Å²) in [5.74, 6) is 1.67. The van der Waals surface area contributed by atoms with Crippen LogP contribution in [0.4, 0.5) is 5.69 Å². The molecule has 1 amide bonds. The van der Waals surface area contributed by atoms with E-state index >= 15 is 0 Å². The molecule has 1 aromatic rings. The van der Waals surface area contributed by atoms with E-state index in [1.54, 1.807) is 7.11 Å². The van der Waals surface area contributed by atoms with Crippen LogP contribution in [0, 0.1) is 5.92 Å². The number of nitrogens with one attached hydrogen (secondary N) is 1. The van der Waals surface area contributed by atoms with Crippen molar-refractivity contribution in [2.75, 3.05) is 32.1 Å². The maximum atomic E-state index is 12.6. The van der Waals surface area contributed by atoms with Gasteiger partial charge >= 0.3 is 0 Å². The summed E-state index contributed by atoms with van der Waals surface area (Å²) in [7, 11) is 1.65. The zero-order valence-corrected chi connectivity index (χ0v) is 15.4. The lowest BCUT2D eigenvalue weighted by molar-refractivity contribution is -0.121. The van der Waals surface area contributed by atoms with Crippen molar-refractivity contribution in [2.45, 2.75) is 51.6 Å². The zero-order chi connectivity index (χ0) is 17.6. The molecule has 5 heteroatoms. The van der Waals surface area contributed by atoms with Crippen molar-refractivity contribution in [3.63, 3.8) is 0 Å². The van der Waals surface area contributed by atoms with Crippen molar-refractivity contribution < 1.29 is 14.3 Å². The molecule has 1 heterocycles. The van der Waals surface area contributed by atoms with Crippen molar-refractivity contribution in [1.82, 2.24) is 4.90 Å². The molecule has 0 aromatic heterocycles. The molecule has 5 nitrogen and oxygen atoms in total. The van der Waals surface area contributed by atoms with Crippen LogP contribution < -0.4 is 14.8 Å². The lowest BCUT2D eigenvalue weighted by Gasteiger charge is -2.30. The van der Waals surface area contributed by atoms with E-state index in [0.717, 1.165) is 62.5 Å². The third-order valence-electron chi connectivity index (χ3n) is 5.43. The molecular weight excluding hydrogens is 316 g/mol. The number of likely N-dealkylation sites (tertiary alicyclic amines) is 1. The minimum atomic E-state index is 0.101. The fraction of sp³-hybridized carbons (Fsp3) is 0.650. The Morgan fingerprint density at radius 3 is 2.52 bits per heavy atom. The summed E-state index contributed by atoms with van der Waals surface area (Å²) in [5.41, 5.74) is 0.789. The third kappa shape index (κ3) is 4.66. The van der Waals surface area contributed by atoms with Crippen LogP contribution >= 0.6 is 0 Å². The van der Waals surface area contributed by atoms with Gasteiger partial charge in [0.05, 0.1) is 13.2 Å². The maximum Gasteiger partial charge on any atom is 0.227 e. The molecule has 0 spiro atoms. The number of carbonyl (C=O) groups excluding carboxylic acids is 1. The summed E-state index contributed by atoms with van der Waals surface area (Å²) in [6, 6.07) is 5.66. The van der Waals surface area contributed by atoms with Crippen LogP contribution in [-0.2, 0) is 4.79 Å². The molecule has 0 unspecified atom stereocenters.